The molecule has 2 aromatic rings. The second kappa shape index (κ2) is 8.75. The number of para-hydroxylation sites is 2. The van der Waals surface area contributed by atoms with Gasteiger partial charge in [0.2, 0.25) is 0 Å². The fourth-order valence-electron chi connectivity index (χ4n) is 3.00. The van der Waals surface area contributed by atoms with Crippen LogP contribution in [0.15, 0.2) is 48.5 Å². The molecule has 7 nitrogen and oxygen atoms in total. The molecule has 2 aromatic carbocycles. The van der Waals surface area contributed by atoms with Crippen molar-refractivity contribution in [1.82, 2.24) is 5.32 Å². The van der Waals surface area contributed by atoms with E-state index in [1.807, 2.05) is 12.1 Å². The Balaban J connectivity index is 1.46. The standard InChI is InChI=1S/C19H22N2O5/c22-15(13-26-18-8-4-3-7-17(18)21(23)24)11-20-12-19-16-6-2-1-5-14(16)9-10-25-19/h1-8,15,19-20,22H,9-13H2/t15-,19+/m0/s1. The second-order valence-electron chi connectivity index (χ2n) is 6.16. The normalized spacial score (nSPS) is 17.3. The molecule has 0 bridgehead atoms. The molecular formula is C19H22N2O5. The van der Waals surface area contributed by atoms with Crippen LogP contribution in [0.2, 0.25) is 0 Å². The van der Waals surface area contributed by atoms with Gasteiger partial charge in [0.15, 0.2) is 5.75 Å². The quantitative estimate of drug-likeness (QED) is 0.555. The van der Waals surface area contributed by atoms with Gasteiger partial charge in [-0.1, -0.05) is 36.4 Å². The fourth-order valence-corrected chi connectivity index (χ4v) is 3.00. The van der Waals surface area contributed by atoms with E-state index in [2.05, 4.69) is 17.4 Å². The van der Waals surface area contributed by atoms with Crippen LogP contribution in [-0.4, -0.2) is 42.4 Å². The topological polar surface area (TPSA) is 93.9 Å². The SMILES string of the molecule is O=[N+]([O-])c1ccccc1OC[C@@H](O)CNC[C@H]1OCCc2ccccc21. The molecule has 0 saturated carbocycles. The van der Waals surface area contributed by atoms with E-state index in [0.717, 1.165) is 6.42 Å². The second-order valence-corrected chi connectivity index (χ2v) is 6.16. The van der Waals surface area contributed by atoms with Gasteiger partial charge in [-0.3, -0.25) is 10.1 Å². The molecule has 0 saturated heterocycles. The number of aliphatic hydroxyl groups is 1. The van der Waals surface area contributed by atoms with Crippen LogP contribution in [0.4, 0.5) is 5.69 Å². The Kier molecular flexibility index (Phi) is 6.17. The lowest BCUT2D eigenvalue weighted by Gasteiger charge is -2.26. The van der Waals surface area contributed by atoms with E-state index in [-0.39, 0.29) is 24.1 Å². The fraction of sp³-hybridized carbons (Fsp3) is 0.368. The molecular weight excluding hydrogens is 336 g/mol. The zero-order valence-corrected chi connectivity index (χ0v) is 14.3. The van der Waals surface area contributed by atoms with Crippen molar-refractivity contribution in [2.75, 3.05) is 26.3 Å². The Morgan fingerprint density at radius 3 is 2.88 bits per heavy atom. The summed E-state index contributed by atoms with van der Waals surface area (Å²) in [5, 5.41) is 24.2. The van der Waals surface area contributed by atoms with Crippen LogP contribution in [0.1, 0.15) is 17.2 Å². The number of hydrogen-bond acceptors (Lipinski definition) is 6. The van der Waals surface area contributed by atoms with Crippen molar-refractivity contribution >= 4 is 5.69 Å². The molecule has 26 heavy (non-hydrogen) atoms. The Hall–Kier alpha value is -2.48. The Labute approximate surface area is 151 Å². The minimum atomic E-state index is -0.784. The molecule has 0 radical (unpaired) electrons. The van der Waals surface area contributed by atoms with E-state index < -0.39 is 11.0 Å². The highest BCUT2D eigenvalue weighted by Crippen LogP contribution is 2.27. The van der Waals surface area contributed by atoms with Gasteiger partial charge >= 0.3 is 5.69 Å². The number of benzene rings is 2. The van der Waals surface area contributed by atoms with Crippen LogP contribution < -0.4 is 10.1 Å². The van der Waals surface area contributed by atoms with Crippen molar-refractivity contribution < 1.29 is 19.5 Å². The predicted octanol–water partition coefficient (Wildman–Crippen LogP) is 2.24. The van der Waals surface area contributed by atoms with Gasteiger partial charge in [0.05, 0.1) is 17.6 Å². The smallest absolute Gasteiger partial charge is 0.310 e. The molecule has 3 rings (SSSR count). The van der Waals surface area contributed by atoms with E-state index in [0.29, 0.717) is 19.7 Å². The Morgan fingerprint density at radius 2 is 2.04 bits per heavy atom. The number of nitro groups is 1. The lowest BCUT2D eigenvalue weighted by Crippen LogP contribution is -2.35. The first-order valence-corrected chi connectivity index (χ1v) is 8.59. The van der Waals surface area contributed by atoms with Crippen molar-refractivity contribution in [3.8, 4) is 5.75 Å². The van der Waals surface area contributed by atoms with Gasteiger partial charge < -0.3 is 19.9 Å². The lowest BCUT2D eigenvalue weighted by molar-refractivity contribution is -0.385. The third-order valence-corrected chi connectivity index (χ3v) is 4.30. The maximum atomic E-state index is 11.0. The number of fused-ring (bicyclic) bond motifs is 1. The first kappa shape index (κ1) is 18.3. The van der Waals surface area contributed by atoms with Crippen molar-refractivity contribution in [3.05, 3.63) is 69.8 Å². The first-order valence-electron chi connectivity index (χ1n) is 8.59. The zero-order chi connectivity index (χ0) is 18.4. The number of hydrogen-bond donors (Lipinski definition) is 2. The summed E-state index contributed by atoms with van der Waals surface area (Å²) in [4.78, 5) is 10.4. The van der Waals surface area contributed by atoms with Gasteiger partial charge in [0.1, 0.15) is 12.7 Å². The highest BCUT2D eigenvalue weighted by Gasteiger charge is 2.20. The molecule has 0 aromatic heterocycles. The van der Waals surface area contributed by atoms with E-state index in [1.54, 1.807) is 12.1 Å². The average molecular weight is 358 g/mol. The molecule has 0 spiro atoms. The molecule has 7 heteroatoms. The highest BCUT2D eigenvalue weighted by molar-refractivity contribution is 5.45. The van der Waals surface area contributed by atoms with Crippen molar-refractivity contribution in [3.63, 3.8) is 0 Å². The number of nitrogens with zero attached hydrogens (tertiary/aromatic N) is 1. The molecule has 0 fully saturated rings. The summed E-state index contributed by atoms with van der Waals surface area (Å²) < 4.78 is 11.2. The van der Waals surface area contributed by atoms with Crippen LogP contribution in [0.5, 0.6) is 5.75 Å². The molecule has 2 N–H and O–H groups in total. The Bertz CT molecular complexity index is 752. The maximum absolute atomic E-state index is 11.0. The first-order chi connectivity index (χ1) is 12.6. The van der Waals surface area contributed by atoms with Crippen molar-refractivity contribution in [2.24, 2.45) is 0 Å². The number of aliphatic hydroxyl groups excluding tert-OH is 1. The molecule has 0 aliphatic carbocycles. The van der Waals surface area contributed by atoms with Gasteiger partial charge in [0, 0.05) is 19.2 Å². The van der Waals surface area contributed by atoms with Gasteiger partial charge in [-0.2, -0.15) is 0 Å². The molecule has 1 aliphatic rings. The van der Waals surface area contributed by atoms with E-state index >= 15 is 0 Å². The summed E-state index contributed by atoms with van der Waals surface area (Å²) in [6, 6.07) is 14.3. The van der Waals surface area contributed by atoms with Crippen LogP contribution in [0, 0.1) is 10.1 Å². The van der Waals surface area contributed by atoms with Crippen LogP contribution in [0.3, 0.4) is 0 Å². The van der Waals surface area contributed by atoms with Gasteiger partial charge in [0.25, 0.3) is 0 Å². The summed E-state index contributed by atoms with van der Waals surface area (Å²) >= 11 is 0. The van der Waals surface area contributed by atoms with Gasteiger partial charge in [-0.25, -0.2) is 0 Å². The maximum Gasteiger partial charge on any atom is 0.310 e. The minimum Gasteiger partial charge on any atom is -0.484 e. The van der Waals surface area contributed by atoms with E-state index in [9.17, 15) is 15.2 Å². The lowest BCUT2D eigenvalue weighted by atomic mass is 9.97. The molecule has 1 heterocycles. The van der Waals surface area contributed by atoms with E-state index in [4.69, 9.17) is 9.47 Å². The van der Waals surface area contributed by atoms with Crippen molar-refractivity contribution in [2.45, 2.75) is 18.6 Å². The summed E-state index contributed by atoms with van der Waals surface area (Å²) in [5.74, 6) is 0.154. The average Bonchev–Trinajstić information content (AvgIpc) is 2.66. The number of ether oxygens (including phenoxy) is 2. The predicted molar refractivity (Wildman–Crippen MR) is 96.3 cm³/mol. The number of nitrogens with one attached hydrogen (secondary N) is 1. The molecule has 2 atom stereocenters. The zero-order valence-electron chi connectivity index (χ0n) is 14.3. The summed E-state index contributed by atoms with van der Waals surface area (Å²) in [7, 11) is 0. The third-order valence-electron chi connectivity index (χ3n) is 4.30. The monoisotopic (exact) mass is 358 g/mol. The Morgan fingerprint density at radius 1 is 1.27 bits per heavy atom. The van der Waals surface area contributed by atoms with Crippen molar-refractivity contribution in [1.29, 1.82) is 0 Å². The molecule has 1 aliphatic heterocycles. The molecule has 138 valence electrons. The number of rotatable bonds is 8. The van der Waals surface area contributed by atoms with Crippen LogP contribution >= 0.6 is 0 Å². The van der Waals surface area contributed by atoms with Crippen LogP contribution in [-0.2, 0) is 11.2 Å². The summed E-state index contributed by atoms with van der Waals surface area (Å²) in [6.45, 7) is 1.55. The minimum absolute atomic E-state index is 0.0278. The van der Waals surface area contributed by atoms with Crippen LogP contribution in [0.25, 0.3) is 0 Å². The van der Waals surface area contributed by atoms with Gasteiger partial charge in [-0.05, 0) is 23.6 Å². The third kappa shape index (κ3) is 4.57. The summed E-state index contributed by atoms with van der Waals surface area (Å²) in [6.07, 6.45) is 0.0934. The summed E-state index contributed by atoms with van der Waals surface area (Å²) in [5.41, 5.74) is 2.36. The highest BCUT2D eigenvalue weighted by atomic mass is 16.6. The largest absolute Gasteiger partial charge is 0.484 e. The van der Waals surface area contributed by atoms with E-state index in [1.165, 1.54) is 23.3 Å². The number of nitro benzene ring substituents is 1. The molecule has 0 unspecified atom stereocenters. The molecule has 0 amide bonds. The van der Waals surface area contributed by atoms with Gasteiger partial charge in [-0.15, -0.1) is 0 Å².